The molecule has 2 amide bonds. The largest absolute Gasteiger partial charge is 0.357 e. The van der Waals surface area contributed by atoms with Gasteiger partial charge in [0, 0.05) is 48.4 Å². The first-order valence-electron chi connectivity index (χ1n) is 12.3. The number of carbonyl (C=O) groups is 2. The Morgan fingerprint density at radius 3 is 2.78 bits per heavy atom. The Hall–Kier alpha value is -3.00. The Labute approximate surface area is 211 Å². The number of rotatable bonds is 9. The highest BCUT2D eigenvalue weighted by atomic mass is 31.2. The molecule has 0 saturated carbocycles. The van der Waals surface area contributed by atoms with Gasteiger partial charge in [-0.3, -0.25) is 24.0 Å². The van der Waals surface area contributed by atoms with Gasteiger partial charge in [0.1, 0.15) is 6.04 Å². The smallest absolute Gasteiger partial charge is 0.242 e. The lowest BCUT2D eigenvalue weighted by atomic mass is 9.85. The van der Waals surface area contributed by atoms with Gasteiger partial charge in [-0.05, 0) is 49.9 Å². The van der Waals surface area contributed by atoms with Gasteiger partial charge in [-0.15, -0.1) is 0 Å². The second-order valence-corrected chi connectivity index (χ2v) is 12.2. The molecule has 0 spiro atoms. The van der Waals surface area contributed by atoms with E-state index < -0.39 is 19.5 Å². The normalized spacial score (nSPS) is 21.0. The molecular weight excluding hydrogens is 477 g/mol. The molecule has 1 aliphatic heterocycles. The number of H-pyrrole nitrogens is 1. The minimum absolute atomic E-state index is 0.128. The SMILES string of the molecule is C[C@H](NC(=O)[C@H]1C[C@@H](c2ccccc2)CCN1CCP(C)(=O)O)C(=O)NCc1cc2cnccc2[nH]1. The van der Waals surface area contributed by atoms with Crippen molar-refractivity contribution >= 4 is 30.1 Å². The third-order valence-electron chi connectivity index (χ3n) is 6.77. The van der Waals surface area contributed by atoms with Crippen LogP contribution in [0, 0.1) is 0 Å². The molecule has 1 aliphatic rings. The average molecular weight is 512 g/mol. The molecule has 1 fully saturated rings. The van der Waals surface area contributed by atoms with Gasteiger partial charge in [-0.1, -0.05) is 30.3 Å². The van der Waals surface area contributed by atoms with Gasteiger partial charge < -0.3 is 20.5 Å². The topological polar surface area (TPSA) is 127 Å². The minimum atomic E-state index is -3.20. The van der Waals surface area contributed by atoms with Crippen molar-refractivity contribution in [3.8, 4) is 0 Å². The zero-order chi connectivity index (χ0) is 25.7. The number of aromatic nitrogens is 2. The Balaban J connectivity index is 1.38. The first kappa shape index (κ1) is 26.1. The van der Waals surface area contributed by atoms with E-state index in [1.165, 1.54) is 12.2 Å². The summed E-state index contributed by atoms with van der Waals surface area (Å²) in [7, 11) is -3.20. The van der Waals surface area contributed by atoms with E-state index in [2.05, 4.69) is 32.7 Å². The number of nitrogens with zero attached hydrogens (tertiary/aromatic N) is 2. The van der Waals surface area contributed by atoms with Gasteiger partial charge >= 0.3 is 0 Å². The quantitative estimate of drug-likeness (QED) is 0.327. The van der Waals surface area contributed by atoms with Crippen LogP contribution >= 0.6 is 7.37 Å². The first-order chi connectivity index (χ1) is 17.2. The van der Waals surface area contributed by atoms with E-state index in [-0.39, 0.29) is 23.9 Å². The Kier molecular flexibility index (Phi) is 8.24. The Bertz CT molecular complexity index is 1210. The molecule has 3 heterocycles. The average Bonchev–Trinajstić information content (AvgIpc) is 3.29. The summed E-state index contributed by atoms with van der Waals surface area (Å²) < 4.78 is 11.9. The van der Waals surface area contributed by atoms with Crippen molar-refractivity contribution < 1.29 is 19.0 Å². The summed E-state index contributed by atoms with van der Waals surface area (Å²) in [4.78, 5) is 45.2. The zero-order valence-corrected chi connectivity index (χ0v) is 21.6. The van der Waals surface area contributed by atoms with Crippen molar-refractivity contribution in [1.29, 1.82) is 0 Å². The molecule has 4 rings (SSSR count). The number of aromatic amines is 1. The van der Waals surface area contributed by atoms with Crippen LogP contribution in [0.5, 0.6) is 0 Å². The fraction of sp³-hybridized carbons (Fsp3) is 0.423. The monoisotopic (exact) mass is 511 g/mol. The van der Waals surface area contributed by atoms with Crippen molar-refractivity contribution in [2.24, 2.45) is 0 Å². The number of piperidine rings is 1. The summed E-state index contributed by atoms with van der Waals surface area (Å²) in [6.07, 6.45) is 5.04. The van der Waals surface area contributed by atoms with Gasteiger partial charge in [0.05, 0.1) is 12.6 Å². The van der Waals surface area contributed by atoms with Crippen molar-refractivity contribution in [2.75, 3.05) is 25.9 Å². The number of benzene rings is 1. The highest BCUT2D eigenvalue weighted by molar-refractivity contribution is 7.57. The van der Waals surface area contributed by atoms with E-state index in [4.69, 9.17) is 0 Å². The Morgan fingerprint density at radius 1 is 1.28 bits per heavy atom. The molecule has 4 atom stereocenters. The van der Waals surface area contributed by atoms with Crippen molar-refractivity contribution in [2.45, 2.75) is 44.3 Å². The fourth-order valence-corrected chi connectivity index (χ4v) is 5.36. The van der Waals surface area contributed by atoms with Crippen LogP contribution in [-0.2, 0) is 20.7 Å². The third kappa shape index (κ3) is 6.81. The van der Waals surface area contributed by atoms with Crippen LogP contribution in [0.4, 0.5) is 0 Å². The lowest BCUT2D eigenvalue weighted by Gasteiger charge is -2.39. The molecule has 1 saturated heterocycles. The van der Waals surface area contributed by atoms with E-state index in [0.717, 1.165) is 23.0 Å². The van der Waals surface area contributed by atoms with Crippen molar-refractivity contribution in [1.82, 2.24) is 25.5 Å². The van der Waals surface area contributed by atoms with Gasteiger partial charge in [-0.25, -0.2) is 0 Å². The molecule has 2 aromatic heterocycles. The number of carbonyl (C=O) groups excluding carboxylic acids is 2. The molecule has 9 nitrogen and oxygen atoms in total. The summed E-state index contributed by atoms with van der Waals surface area (Å²) >= 11 is 0. The van der Waals surface area contributed by atoms with Gasteiger partial charge in [0.25, 0.3) is 0 Å². The van der Waals surface area contributed by atoms with Crippen LogP contribution < -0.4 is 10.6 Å². The number of fused-ring (bicyclic) bond motifs is 1. The molecule has 3 aromatic rings. The molecule has 0 bridgehead atoms. The predicted octanol–water partition coefficient (Wildman–Crippen LogP) is 2.83. The van der Waals surface area contributed by atoms with Gasteiger partial charge in [0.15, 0.2) is 7.37 Å². The molecule has 1 aromatic carbocycles. The van der Waals surface area contributed by atoms with Crippen molar-refractivity contribution in [3.05, 3.63) is 66.1 Å². The van der Waals surface area contributed by atoms with Crippen molar-refractivity contribution in [3.63, 3.8) is 0 Å². The van der Waals surface area contributed by atoms with Crippen LogP contribution in [0.2, 0.25) is 0 Å². The number of amides is 2. The maximum Gasteiger partial charge on any atom is 0.242 e. The van der Waals surface area contributed by atoms with Crippen LogP contribution in [0.15, 0.2) is 54.9 Å². The molecule has 1 unspecified atom stereocenters. The van der Waals surface area contributed by atoms with E-state index in [1.807, 2.05) is 35.2 Å². The zero-order valence-electron chi connectivity index (χ0n) is 20.7. The molecular formula is C26H34N5O4P. The summed E-state index contributed by atoms with van der Waals surface area (Å²) in [6, 6.07) is 12.7. The number of pyridine rings is 1. The molecule has 0 aliphatic carbocycles. The third-order valence-corrected chi connectivity index (χ3v) is 7.80. The highest BCUT2D eigenvalue weighted by Gasteiger charge is 2.35. The molecule has 10 heteroatoms. The molecule has 36 heavy (non-hydrogen) atoms. The number of hydrogen-bond acceptors (Lipinski definition) is 5. The minimum Gasteiger partial charge on any atom is -0.357 e. The standard InChI is InChI=1S/C26H34N5O4P/c1-18(25(32)28-17-22-14-21-16-27-10-8-23(21)30-22)29-26(33)24-15-20(19-6-4-3-5-7-19)9-11-31(24)12-13-36(2,34)35/h3-8,10,14,16,18,20,24,30H,9,11-13,15,17H2,1-2H3,(H,28,32)(H,29,33)(H,34,35)/t18-,20-,24+/m0/s1. The van der Waals surface area contributed by atoms with E-state index in [1.54, 1.807) is 19.3 Å². The maximum atomic E-state index is 13.3. The maximum absolute atomic E-state index is 13.3. The van der Waals surface area contributed by atoms with E-state index in [0.29, 0.717) is 26.1 Å². The second kappa shape index (κ2) is 11.4. The van der Waals surface area contributed by atoms with Gasteiger partial charge in [0.2, 0.25) is 11.8 Å². The van der Waals surface area contributed by atoms with E-state index in [9.17, 15) is 19.0 Å². The van der Waals surface area contributed by atoms with Gasteiger partial charge in [-0.2, -0.15) is 0 Å². The van der Waals surface area contributed by atoms with Crippen LogP contribution in [0.3, 0.4) is 0 Å². The summed E-state index contributed by atoms with van der Waals surface area (Å²) in [6.45, 7) is 4.32. The number of nitrogens with one attached hydrogen (secondary N) is 3. The fourth-order valence-electron chi connectivity index (χ4n) is 4.73. The molecule has 4 N–H and O–H groups in total. The molecule has 192 valence electrons. The summed E-state index contributed by atoms with van der Waals surface area (Å²) in [5.74, 6) is -0.309. The number of likely N-dealkylation sites (tertiary alicyclic amines) is 1. The first-order valence-corrected chi connectivity index (χ1v) is 14.6. The van der Waals surface area contributed by atoms with Crippen LogP contribution in [-0.4, -0.2) is 69.6 Å². The Morgan fingerprint density at radius 2 is 2.06 bits per heavy atom. The van der Waals surface area contributed by atoms with Crippen LogP contribution in [0.25, 0.3) is 10.9 Å². The molecule has 0 radical (unpaired) electrons. The number of hydrogen-bond donors (Lipinski definition) is 4. The van der Waals surface area contributed by atoms with E-state index >= 15 is 0 Å². The summed E-state index contributed by atoms with van der Waals surface area (Å²) in [5.41, 5.74) is 2.97. The lowest BCUT2D eigenvalue weighted by molar-refractivity contribution is -0.132. The lowest BCUT2D eigenvalue weighted by Crippen LogP contribution is -2.55. The van der Waals surface area contributed by atoms with Crippen LogP contribution in [0.1, 0.15) is 36.9 Å². The predicted molar refractivity (Wildman–Crippen MR) is 140 cm³/mol. The second-order valence-electron chi connectivity index (χ2n) is 9.66. The highest BCUT2D eigenvalue weighted by Crippen LogP contribution is 2.37. The summed E-state index contributed by atoms with van der Waals surface area (Å²) in [5, 5.41) is 6.70.